The molecule has 0 fully saturated rings. The first kappa shape index (κ1) is 14.6. The van der Waals surface area contributed by atoms with E-state index in [4.69, 9.17) is 9.47 Å². The van der Waals surface area contributed by atoms with Gasteiger partial charge < -0.3 is 14.6 Å². The summed E-state index contributed by atoms with van der Waals surface area (Å²) in [4.78, 5) is 4.05. The first-order valence-corrected chi connectivity index (χ1v) is 6.47. The number of aliphatic hydroxyl groups is 1. The van der Waals surface area contributed by atoms with Crippen LogP contribution in [0, 0.1) is 0 Å². The van der Waals surface area contributed by atoms with Crippen LogP contribution in [-0.2, 0) is 15.9 Å². The van der Waals surface area contributed by atoms with Crippen molar-refractivity contribution in [3.8, 4) is 0 Å². The largest absolute Gasteiger partial charge is 0.387 e. The van der Waals surface area contributed by atoms with Crippen LogP contribution in [-0.4, -0.2) is 35.7 Å². The van der Waals surface area contributed by atoms with E-state index in [-0.39, 0.29) is 0 Å². The van der Waals surface area contributed by atoms with Crippen LogP contribution in [0.2, 0.25) is 0 Å². The third-order valence-corrected chi connectivity index (χ3v) is 2.62. The molecule has 96 valence electrons. The zero-order valence-electron chi connectivity index (χ0n) is 10.1. The zero-order chi connectivity index (χ0) is 12.7. The number of pyridine rings is 1. The standard InChI is InChI=1S/C12H18BrNO3/c1-3-16-12(17-4-2)11(15)6-9-5-10(13)8-14-7-9/h5,7-8,11-12,15H,3-4,6H2,1-2H3. The molecule has 1 rings (SSSR count). The number of aliphatic hydroxyl groups excluding tert-OH is 1. The quantitative estimate of drug-likeness (QED) is 0.784. The van der Waals surface area contributed by atoms with Crippen molar-refractivity contribution >= 4 is 15.9 Å². The molecule has 1 N–H and O–H groups in total. The molecule has 0 spiro atoms. The molecular weight excluding hydrogens is 286 g/mol. The summed E-state index contributed by atoms with van der Waals surface area (Å²) < 4.78 is 11.6. The second kappa shape index (κ2) is 7.76. The molecule has 0 aliphatic rings. The average Bonchev–Trinajstić information content (AvgIpc) is 2.28. The van der Waals surface area contributed by atoms with Gasteiger partial charge in [-0.05, 0) is 41.4 Å². The minimum atomic E-state index is -0.689. The topological polar surface area (TPSA) is 51.6 Å². The molecule has 1 unspecified atom stereocenters. The number of aromatic nitrogens is 1. The maximum absolute atomic E-state index is 10.0. The van der Waals surface area contributed by atoms with Gasteiger partial charge in [-0.15, -0.1) is 0 Å². The number of rotatable bonds is 7. The van der Waals surface area contributed by atoms with Crippen molar-refractivity contribution in [2.75, 3.05) is 13.2 Å². The zero-order valence-corrected chi connectivity index (χ0v) is 11.7. The molecule has 5 heteroatoms. The van der Waals surface area contributed by atoms with E-state index in [0.717, 1.165) is 10.0 Å². The normalized spacial score (nSPS) is 13.0. The first-order chi connectivity index (χ1) is 8.17. The van der Waals surface area contributed by atoms with Crippen LogP contribution in [0.25, 0.3) is 0 Å². The van der Waals surface area contributed by atoms with Crippen LogP contribution < -0.4 is 0 Å². The molecule has 0 aliphatic carbocycles. The predicted octanol–water partition coefficient (Wildman–Crippen LogP) is 2.15. The Balaban J connectivity index is 2.59. The van der Waals surface area contributed by atoms with Crippen LogP contribution in [0.5, 0.6) is 0 Å². The van der Waals surface area contributed by atoms with Gasteiger partial charge in [0.15, 0.2) is 6.29 Å². The van der Waals surface area contributed by atoms with E-state index in [2.05, 4.69) is 20.9 Å². The lowest BCUT2D eigenvalue weighted by Crippen LogP contribution is -2.33. The van der Waals surface area contributed by atoms with Crippen molar-refractivity contribution in [1.29, 1.82) is 0 Å². The van der Waals surface area contributed by atoms with E-state index >= 15 is 0 Å². The second-order valence-corrected chi connectivity index (χ2v) is 4.48. The van der Waals surface area contributed by atoms with E-state index in [1.54, 1.807) is 12.4 Å². The summed E-state index contributed by atoms with van der Waals surface area (Å²) in [6.45, 7) is 4.77. The minimum absolute atomic E-state index is 0.455. The number of nitrogens with zero attached hydrogens (tertiary/aromatic N) is 1. The summed E-state index contributed by atoms with van der Waals surface area (Å²) in [7, 11) is 0. The molecule has 0 saturated heterocycles. The Kier molecular flexibility index (Phi) is 6.65. The Bertz CT molecular complexity index is 329. The summed E-state index contributed by atoms with van der Waals surface area (Å²) in [5, 5.41) is 10.0. The summed E-state index contributed by atoms with van der Waals surface area (Å²) >= 11 is 3.34. The highest BCUT2D eigenvalue weighted by atomic mass is 79.9. The van der Waals surface area contributed by atoms with Gasteiger partial charge in [-0.25, -0.2) is 0 Å². The first-order valence-electron chi connectivity index (χ1n) is 5.68. The number of halogens is 1. The van der Waals surface area contributed by atoms with Crippen molar-refractivity contribution in [1.82, 2.24) is 4.98 Å². The van der Waals surface area contributed by atoms with E-state index in [1.165, 1.54) is 0 Å². The number of ether oxygens (including phenoxy) is 2. The van der Waals surface area contributed by atoms with Crippen molar-refractivity contribution in [2.45, 2.75) is 32.7 Å². The molecule has 0 aromatic carbocycles. The van der Waals surface area contributed by atoms with Gasteiger partial charge >= 0.3 is 0 Å². The third kappa shape index (κ3) is 5.12. The van der Waals surface area contributed by atoms with E-state index in [0.29, 0.717) is 19.6 Å². The molecule has 0 bridgehead atoms. The lowest BCUT2D eigenvalue weighted by Gasteiger charge is -2.22. The lowest BCUT2D eigenvalue weighted by molar-refractivity contribution is -0.188. The second-order valence-electron chi connectivity index (χ2n) is 3.56. The smallest absolute Gasteiger partial charge is 0.183 e. The van der Waals surface area contributed by atoms with E-state index < -0.39 is 12.4 Å². The van der Waals surface area contributed by atoms with Gasteiger partial charge in [-0.3, -0.25) is 4.98 Å². The summed E-state index contributed by atoms with van der Waals surface area (Å²) in [5.74, 6) is 0. The molecule has 1 heterocycles. The number of hydrogen-bond donors (Lipinski definition) is 1. The minimum Gasteiger partial charge on any atom is -0.387 e. The van der Waals surface area contributed by atoms with Crippen molar-refractivity contribution in [2.24, 2.45) is 0 Å². The van der Waals surface area contributed by atoms with Gasteiger partial charge in [0.05, 0.1) is 0 Å². The fraction of sp³-hybridized carbons (Fsp3) is 0.583. The van der Waals surface area contributed by atoms with Crippen LogP contribution in [0.3, 0.4) is 0 Å². The van der Waals surface area contributed by atoms with Gasteiger partial charge in [0.25, 0.3) is 0 Å². The SMILES string of the molecule is CCOC(OCC)C(O)Cc1cncc(Br)c1. The van der Waals surface area contributed by atoms with E-state index in [1.807, 2.05) is 19.9 Å². The Morgan fingerprint density at radius 1 is 1.29 bits per heavy atom. The van der Waals surface area contributed by atoms with Gasteiger partial charge in [0, 0.05) is 36.5 Å². The molecular formula is C12H18BrNO3. The van der Waals surface area contributed by atoms with Gasteiger partial charge in [0.1, 0.15) is 6.10 Å². The highest BCUT2D eigenvalue weighted by Crippen LogP contribution is 2.13. The molecule has 1 aromatic heterocycles. The molecule has 0 radical (unpaired) electrons. The Hall–Kier alpha value is -0.490. The summed E-state index contributed by atoms with van der Waals surface area (Å²) in [5.41, 5.74) is 0.941. The fourth-order valence-electron chi connectivity index (χ4n) is 1.50. The van der Waals surface area contributed by atoms with Crippen molar-refractivity contribution in [3.05, 3.63) is 28.5 Å². The molecule has 17 heavy (non-hydrogen) atoms. The molecule has 4 nitrogen and oxygen atoms in total. The Labute approximate surface area is 110 Å². The average molecular weight is 304 g/mol. The van der Waals surface area contributed by atoms with Crippen LogP contribution >= 0.6 is 15.9 Å². The molecule has 0 aliphatic heterocycles. The van der Waals surface area contributed by atoms with Crippen LogP contribution in [0.1, 0.15) is 19.4 Å². The highest BCUT2D eigenvalue weighted by molar-refractivity contribution is 9.10. The van der Waals surface area contributed by atoms with Crippen molar-refractivity contribution < 1.29 is 14.6 Å². The fourth-order valence-corrected chi connectivity index (χ4v) is 1.92. The third-order valence-electron chi connectivity index (χ3n) is 2.18. The highest BCUT2D eigenvalue weighted by Gasteiger charge is 2.20. The van der Waals surface area contributed by atoms with Gasteiger partial charge in [-0.2, -0.15) is 0 Å². The molecule has 0 saturated carbocycles. The molecule has 0 amide bonds. The van der Waals surface area contributed by atoms with Gasteiger partial charge in [0.2, 0.25) is 0 Å². The summed E-state index contributed by atoms with van der Waals surface area (Å²) in [6.07, 6.45) is 2.62. The number of hydrogen-bond acceptors (Lipinski definition) is 4. The van der Waals surface area contributed by atoms with Crippen LogP contribution in [0.15, 0.2) is 22.9 Å². The van der Waals surface area contributed by atoms with Crippen molar-refractivity contribution in [3.63, 3.8) is 0 Å². The summed E-state index contributed by atoms with van der Waals surface area (Å²) in [6, 6.07) is 1.92. The van der Waals surface area contributed by atoms with E-state index in [9.17, 15) is 5.11 Å². The lowest BCUT2D eigenvalue weighted by atomic mass is 10.1. The van der Waals surface area contributed by atoms with Crippen LogP contribution in [0.4, 0.5) is 0 Å². The molecule has 1 aromatic rings. The monoisotopic (exact) mass is 303 g/mol. The van der Waals surface area contributed by atoms with Gasteiger partial charge in [-0.1, -0.05) is 0 Å². The maximum atomic E-state index is 10.0. The molecule has 1 atom stereocenters. The predicted molar refractivity (Wildman–Crippen MR) is 68.7 cm³/mol. The Morgan fingerprint density at radius 2 is 1.94 bits per heavy atom. The maximum Gasteiger partial charge on any atom is 0.183 e. The Morgan fingerprint density at radius 3 is 2.47 bits per heavy atom.